The topological polar surface area (TPSA) is 86.4 Å². The van der Waals surface area contributed by atoms with Crippen LogP contribution < -0.4 is 4.74 Å². The van der Waals surface area contributed by atoms with Gasteiger partial charge in [0.25, 0.3) is 0 Å². The number of aliphatic imine (C=N–C) groups is 4. The highest BCUT2D eigenvalue weighted by molar-refractivity contribution is 6.04. The van der Waals surface area contributed by atoms with Crippen LogP contribution in [-0.4, -0.2) is 29.5 Å². The Kier molecular flexibility index (Phi) is 9.97. The Morgan fingerprint density at radius 2 is 0.703 bits per heavy atom. The molecule has 324 valence electrons. The molecule has 0 aliphatic carbocycles. The molecule has 8 aliphatic rings. The number of ether oxygens (including phenoxy) is 4. The Hall–Kier alpha value is -6.28. The Labute approximate surface area is 377 Å². The minimum absolute atomic E-state index is 0.444. The first kappa shape index (κ1) is 40.5. The Bertz CT molecular complexity index is 2550. The number of nitrogens with zero attached hydrogens (tertiary/aromatic N) is 4. The molecular formula is C56H56N4O4. The molecule has 8 aliphatic heterocycles. The van der Waals surface area contributed by atoms with E-state index in [4.69, 9.17) is 38.9 Å². The van der Waals surface area contributed by atoms with E-state index in [1.165, 1.54) is 106 Å². The molecule has 8 heterocycles. The van der Waals surface area contributed by atoms with Gasteiger partial charge in [0.05, 0.1) is 5.70 Å². The number of rotatable bonds is 6. The highest BCUT2D eigenvalue weighted by Gasteiger charge is 2.32. The third-order valence-electron chi connectivity index (χ3n) is 14.0. The van der Waals surface area contributed by atoms with Gasteiger partial charge in [-0.15, -0.1) is 0 Å². The van der Waals surface area contributed by atoms with E-state index in [1.54, 1.807) is 0 Å². The fourth-order valence-electron chi connectivity index (χ4n) is 9.95. The van der Waals surface area contributed by atoms with Crippen molar-refractivity contribution in [3.8, 4) is 28.0 Å². The van der Waals surface area contributed by atoms with Crippen molar-refractivity contribution in [2.45, 2.75) is 101 Å². The van der Waals surface area contributed by atoms with Gasteiger partial charge >= 0.3 is 0 Å². The van der Waals surface area contributed by atoms with Crippen molar-refractivity contribution < 1.29 is 18.9 Å². The molecule has 12 rings (SSSR count). The van der Waals surface area contributed by atoms with Gasteiger partial charge in [-0.3, -0.25) is 4.99 Å². The Balaban J connectivity index is 0.000000143. The second kappa shape index (κ2) is 15.8. The number of hydrogen-bond donors (Lipinski definition) is 0. The van der Waals surface area contributed by atoms with Crippen LogP contribution in [0.2, 0.25) is 0 Å². The van der Waals surface area contributed by atoms with Crippen LogP contribution in [0.1, 0.15) is 120 Å². The molecule has 0 N–H and O–H groups in total. The molecular weight excluding hydrogens is 793 g/mol. The van der Waals surface area contributed by atoms with Crippen molar-refractivity contribution in [2.24, 2.45) is 43.6 Å². The molecule has 0 saturated heterocycles. The molecule has 0 saturated carbocycles. The maximum atomic E-state index is 6.12. The molecule has 0 fully saturated rings. The summed E-state index contributed by atoms with van der Waals surface area (Å²) in [6.07, 6.45) is 3.63. The molecule has 0 unspecified atom stereocenters. The smallest absolute Gasteiger partial charge is 0.217 e. The van der Waals surface area contributed by atoms with Gasteiger partial charge in [-0.2, -0.15) is 0 Å². The lowest BCUT2D eigenvalue weighted by Gasteiger charge is -2.21. The average Bonchev–Trinajstić information content (AvgIpc) is 4.13. The van der Waals surface area contributed by atoms with Gasteiger partial charge in [-0.25, -0.2) is 15.0 Å². The summed E-state index contributed by atoms with van der Waals surface area (Å²) in [4.78, 5) is 19.0. The molecule has 64 heavy (non-hydrogen) atoms. The third-order valence-corrected chi connectivity index (χ3v) is 14.0. The predicted octanol–water partition coefficient (Wildman–Crippen LogP) is 13.4. The number of hydrogen-bond acceptors (Lipinski definition) is 8. The summed E-state index contributed by atoms with van der Waals surface area (Å²) in [5.74, 6) is 5.24. The Morgan fingerprint density at radius 1 is 0.359 bits per heavy atom. The summed E-state index contributed by atoms with van der Waals surface area (Å²) < 4.78 is 24.2. The van der Waals surface area contributed by atoms with Gasteiger partial charge in [0.1, 0.15) is 32.2 Å². The highest BCUT2D eigenvalue weighted by atomic mass is 16.5. The van der Waals surface area contributed by atoms with Crippen LogP contribution in [-0.2, 0) is 34.0 Å². The largest absolute Gasteiger partial charge is 0.487 e. The monoisotopic (exact) mass is 848 g/mol. The van der Waals surface area contributed by atoms with Gasteiger partial charge < -0.3 is 18.9 Å². The van der Waals surface area contributed by atoms with Crippen LogP contribution >= 0.6 is 0 Å². The van der Waals surface area contributed by atoms with Gasteiger partial charge in [-0.05, 0) is 109 Å². The van der Waals surface area contributed by atoms with Crippen LogP contribution in [0.5, 0.6) is 5.75 Å². The zero-order valence-electron chi connectivity index (χ0n) is 38.3. The molecule has 0 atom stereocenters. The average molecular weight is 849 g/mol. The maximum Gasteiger partial charge on any atom is 0.217 e. The van der Waals surface area contributed by atoms with Crippen molar-refractivity contribution >= 4 is 45.1 Å². The molecule has 0 radical (unpaired) electrons. The van der Waals surface area contributed by atoms with Gasteiger partial charge in [0.15, 0.2) is 0 Å². The summed E-state index contributed by atoms with van der Waals surface area (Å²) >= 11 is 0. The summed E-state index contributed by atoms with van der Waals surface area (Å²) in [7, 11) is 0. The summed E-state index contributed by atoms with van der Waals surface area (Å²) in [5.41, 5.74) is 24.6. The van der Waals surface area contributed by atoms with E-state index in [2.05, 4.69) is 128 Å². The second-order valence-electron chi connectivity index (χ2n) is 19.5. The number of benzene rings is 4. The molecule has 8 nitrogen and oxygen atoms in total. The molecule has 0 spiro atoms. The van der Waals surface area contributed by atoms with Crippen molar-refractivity contribution in [3.63, 3.8) is 0 Å². The van der Waals surface area contributed by atoms with Gasteiger partial charge in [0.2, 0.25) is 17.6 Å². The lowest BCUT2D eigenvalue weighted by atomic mass is 9.89. The predicted molar refractivity (Wildman–Crippen MR) is 259 cm³/mol. The van der Waals surface area contributed by atoms with E-state index in [1.807, 2.05) is 0 Å². The van der Waals surface area contributed by atoms with E-state index in [0.29, 0.717) is 50.1 Å². The van der Waals surface area contributed by atoms with E-state index in [0.717, 1.165) is 54.8 Å². The van der Waals surface area contributed by atoms with E-state index in [-0.39, 0.29) is 0 Å². The third kappa shape index (κ3) is 7.06. The fourth-order valence-corrected chi connectivity index (χ4v) is 9.95. The number of allylic oxidation sites excluding steroid dienone is 4. The van der Waals surface area contributed by atoms with E-state index < -0.39 is 0 Å². The molecule has 0 amide bonds. The molecule has 0 bridgehead atoms. The second-order valence-corrected chi connectivity index (χ2v) is 19.5. The normalized spacial score (nSPS) is 18.7. The zero-order chi connectivity index (χ0) is 44.0. The first-order valence-electron chi connectivity index (χ1n) is 23.2. The van der Waals surface area contributed by atoms with E-state index in [9.17, 15) is 0 Å². The van der Waals surface area contributed by atoms with Gasteiger partial charge in [-0.1, -0.05) is 104 Å². The first-order valence-corrected chi connectivity index (χ1v) is 23.2. The summed E-state index contributed by atoms with van der Waals surface area (Å²) in [5, 5.41) is 0. The molecule has 8 heteroatoms. The molecule has 4 aromatic rings. The van der Waals surface area contributed by atoms with Crippen molar-refractivity contribution in [2.75, 3.05) is 6.61 Å². The number of fused-ring (bicyclic) bond motifs is 8. The highest BCUT2D eigenvalue weighted by Crippen LogP contribution is 2.45. The van der Waals surface area contributed by atoms with Crippen LogP contribution in [0.25, 0.3) is 44.5 Å². The van der Waals surface area contributed by atoms with Crippen molar-refractivity contribution in [3.05, 3.63) is 135 Å². The first-order chi connectivity index (χ1) is 30.9. The quantitative estimate of drug-likeness (QED) is 0.193. The fraction of sp³-hybridized carbons (Fsp3) is 0.357. The summed E-state index contributed by atoms with van der Waals surface area (Å²) in [6, 6.07) is 26.8. The van der Waals surface area contributed by atoms with Crippen LogP contribution in [0.4, 0.5) is 0 Å². The lowest BCUT2D eigenvalue weighted by molar-refractivity contribution is 0.194. The van der Waals surface area contributed by atoms with Crippen molar-refractivity contribution in [1.82, 2.24) is 0 Å². The van der Waals surface area contributed by atoms with E-state index >= 15 is 0 Å². The van der Waals surface area contributed by atoms with Gasteiger partial charge in [0, 0.05) is 70.8 Å². The summed E-state index contributed by atoms with van der Waals surface area (Å²) in [6.45, 7) is 19.9. The van der Waals surface area contributed by atoms with Crippen LogP contribution in [0, 0.1) is 23.7 Å². The molecule has 0 aromatic heterocycles. The minimum Gasteiger partial charge on any atom is -0.487 e. The van der Waals surface area contributed by atoms with Crippen LogP contribution in [0.15, 0.2) is 116 Å². The minimum atomic E-state index is 0.444. The maximum absolute atomic E-state index is 6.12. The standard InChI is InChI=1S/2C28H28N2O2/c1-15(2)25-11-23-21-7-5-17(9-19(21)13-31-27(23)29-25)18-6-8-22-20(10-18)14-32-28-24(22)12-26(30-28)16(3)4;1-15(2)24-11-22-21-8-6-18(10-27(21)31-14-26(22)29-24)17-5-7-20-19(9-17)13-32-28-23(20)12-25(30-28)16(3)4/h2*5-10,15-16H,11-14H2,1-4H3. The molecule has 4 aromatic carbocycles. The SMILES string of the molecule is CC(C)C1=NC2=C(C1)c1ccc(-c3ccc4c(c3)COC3=C4CC(C(C)C)=N3)cc1CO2.CC(C)C1=NC2=C(C1)c1ccc(-c3ccc4c(c3)COC3=C4CC(C(C)C)=N3)cc1OC2. The zero-order valence-corrected chi connectivity index (χ0v) is 38.3. The van der Waals surface area contributed by atoms with Crippen molar-refractivity contribution in [1.29, 1.82) is 0 Å². The lowest BCUT2D eigenvalue weighted by Crippen LogP contribution is -2.08. The Morgan fingerprint density at radius 3 is 1.09 bits per heavy atom. The van der Waals surface area contributed by atoms with Crippen LogP contribution in [0.3, 0.4) is 0 Å².